The van der Waals surface area contributed by atoms with E-state index in [1.165, 1.54) is 0 Å². The third kappa shape index (κ3) is 4.90. The van der Waals surface area contributed by atoms with Gasteiger partial charge in [-0.2, -0.15) is 0 Å². The van der Waals surface area contributed by atoms with Gasteiger partial charge in [0.05, 0.1) is 12.3 Å². The zero-order valence-electron chi connectivity index (χ0n) is 16.0. The Kier molecular flexibility index (Phi) is 6.02. The highest BCUT2D eigenvalue weighted by atomic mass is 32.2. The van der Waals surface area contributed by atoms with Crippen molar-refractivity contribution < 1.29 is 13.9 Å². The van der Waals surface area contributed by atoms with Crippen LogP contribution in [0, 0.1) is 0 Å². The normalized spacial score (nSPS) is 16.1. The van der Waals surface area contributed by atoms with Gasteiger partial charge in [-0.1, -0.05) is 18.2 Å². The number of amides is 2. The van der Waals surface area contributed by atoms with Crippen LogP contribution in [0.2, 0.25) is 0 Å². The van der Waals surface area contributed by atoms with Crippen molar-refractivity contribution in [2.75, 3.05) is 19.4 Å². The molecule has 2 amide bonds. The number of benzene rings is 2. The van der Waals surface area contributed by atoms with Crippen LogP contribution in [-0.4, -0.2) is 41.5 Å². The molecule has 0 saturated carbocycles. The largest absolute Gasteiger partial charge is 0.493 e. The van der Waals surface area contributed by atoms with Crippen LogP contribution in [-0.2, 0) is 6.42 Å². The van der Waals surface area contributed by atoms with Crippen LogP contribution in [0.25, 0.3) is 11.5 Å². The molecule has 1 aromatic heterocycles. The number of rotatable bonds is 8. The summed E-state index contributed by atoms with van der Waals surface area (Å²) in [4.78, 5) is 18.7. The molecule has 2 aromatic carbocycles. The number of urea groups is 1. The molecule has 150 valence electrons. The van der Waals surface area contributed by atoms with E-state index in [0.29, 0.717) is 18.9 Å². The van der Waals surface area contributed by atoms with E-state index in [2.05, 4.69) is 15.8 Å². The van der Waals surface area contributed by atoms with E-state index >= 15 is 0 Å². The number of nitrogens with one attached hydrogen (secondary N) is 2. The number of nitrogens with zero attached hydrogens (tertiary/aromatic N) is 2. The maximum absolute atomic E-state index is 11.4. The minimum absolute atomic E-state index is 0.0216. The molecule has 0 radical (unpaired) electrons. The highest BCUT2D eigenvalue weighted by Gasteiger charge is 2.26. The van der Waals surface area contributed by atoms with Gasteiger partial charge in [0.15, 0.2) is 0 Å². The lowest BCUT2D eigenvalue weighted by molar-refractivity contribution is 0.218. The second kappa shape index (κ2) is 9.02. The topological polar surface area (TPSA) is 79.6 Å². The Hall–Kier alpha value is -2.97. The Morgan fingerprint density at radius 3 is 2.69 bits per heavy atom. The number of thioether (sulfide) groups is 1. The van der Waals surface area contributed by atoms with Gasteiger partial charge in [0.25, 0.3) is 0 Å². The van der Waals surface area contributed by atoms with Crippen LogP contribution in [0.3, 0.4) is 0 Å². The quantitative estimate of drug-likeness (QED) is 0.553. The van der Waals surface area contributed by atoms with E-state index in [1.807, 2.05) is 54.6 Å². The number of hydrogen-bond donors (Lipinski definition) is 2. The van der Waals surface area contributed by atoms with Gasteiger partial charge in [0, 0.05) is 29.7 Å². The summed E-state index contributed by atoms with van der Waals surface area (Å²) in [6, 6.07) is 17.7. The van der Waals surface area contributed by atoms with Crippen molar-refractivity contribution >= 4 is 17.8 Å². The Bertz CT molecular complexity index is 946. The third-order valence-corrected chi connectivity index (χ3v) is 5.65. The van der Waals surface area contributed by atoms with Gasteiger partial charge >= 0.3 is 6.03 Å². The standard InChI is InChI=1S/C21H22N4O3S/c1-25-19(23-24-21(25)26)14-29-18-9-7-17(8-10-18)27-12-11-16-13-28-20(22-16)15-5-3-2-4-6-15/h2-10,13,19,23H,11-12,14H2,1H3,(H,24,26). The first-order valence-corrected chi connectivity index (χ1v) is 10.3. The first-order valence-electron chi connectivity index (χ1n) is 9.33. The van der Waals surface area contributed by atoms with Crippen LogP contribution in [0.15, 0.2) is 70.2 Å². The number of hydrazine groups is 1. The summed E-state index contributed by atoms with van der Waals surface area (Å²) < 4.78 is 11.4. The molecule has 8 heteroatoms. The predicted octanol–water partition coefficient (Wildman–Crippen LogP) is 3.54. The highest BCUT2D eigenvalue weighted by Crippen LogP contribution is 2.23. The molecule has 7 nitrogen and oxygen atoms in total. The van der Waals surface area contributed by atoms with Gasteiger partial charge in [0.2, 0.25) is 5.89 Å². The van der Waals surface area contributed by atoms with E-state index in [9.17, 15) is 4.79 Å². The third-order valence-electron chi connectivity index (χ3n) is 4.56. The molecule has 1 fully saturated rings. The molecular formula is C21H22N4O3S. The Balaban J connectivity index is 1.22. The van der Waals surface area contributed by atoms with Crippen LogP contribution in [0.4, 0.5) is 4.79 Å². The predicted molar refractivity (Wildman–Crippen MR) is 112 cm³/mol. The van der Waals surface area contributed by atoms with Gasteiger partial charge in [0.1, 0.15) is 18.2 Å². The number of carbonyl (C=O) groups is 1. The lowest BCUT2D eigenvalue weighted by atomic mass is 10.2. The molecule has 1 aliphatic rings. The minimum atomic E-state index is -0.109. The molecule has 0 bridgehead atoms. The Morgan fingerprint density at radius 1 is 1.17 bits per heavy atom. The average Bonchev–Trinajstić information content (AvgIpc) is 3.35. The van der Waals surface area contributed by atoms with Crippen LogP contribution in [0.5, 0.6) is 5.75 Å². The fraction of sp³-hybridized carbons (Fsp3) is 0.238. The molecule has 29 heavy (non-hydrogen) atoms. The summed E-state index contributed by atoms with van der Waals surface area (Å²) in [6.45, 7) is 0.526. The van der Waals surface area contributed by atoms with Gasteiger partial charge in [-0.05, 0) is 36.4 Å². The number of oxazole rings is 1. The first-order chi connectivity index (χ1) is 14.2. The second-order valence-electron chi connectivity index (χ2n) is 6.59. The number of carbonyl (C=O) groups excluding carboxylic acids is 1. The number of ether oxygens (including phenoxy) is 1. The maximum Gasteiger partial charge on any atom is 0.332 e. The molecule has 1 unspecified atom stereocenters. The van der Waals surface area contributed by atoms with E-state index < -0.39 is 0 Å². The molecule has 1 aliphatic heterocycles. The SMILES string of the molecule is CN1C(=O)NNC1CSc1ccc(OCCc2coc(-c3ccccc3)n2)cc1. The maximum atomic E-state index is 11.4. The van der Waals surface area contributed by atoms with Crippen molar-refractivity contribution in [3.8, 4) is 17.2 Å². The monoisotopic (exact) mass is 410 g/mol. The molecule has 1 atom stereocenters. The lowest BCUT2D eigenvalue weighted by Gasteiger charge is -2.16. The van der Waals surface area contributed by atoms with E-state index in [0.717, 1.165) is 27.7 Å². The van der Waals surface area contributed by atoms with Crippen molar-refractivity contribution in [1.82, 2.24) is 20.7 Å². The van der Waals surface area contributed by atoms with Crippen LogP contribution in [0.1, 0.15) is 5.69 Å². The second-order valence-corrected chi connectivity index (χ2v) is 7.69. The zero-order valence-corrected chi connectivity index (χ0v) is 16.8. The van der Waals surface area contributed by atoms with Gasteiger partial charge in [-0.3, -0.25) is 5.43 Å². The molecule has 4 rings (SSSR count). The summed E-state index contributed by atoms with van der Waals surface area (Å²) in [5, 5.41) is 0. The lowest BCUT2D eigenvalue weighted by Crippen LogP contribution is -2.36. The molecule has 1 saturated heterocycles. The molecule has 3 aromatic rings. The smallest absolute Gasteiger partial charge is 0.332 e. The van der Waals surface area contributed by atoms with Crippen LogP contribution >= 0.6 is 11.8 Å². The molecule has 2 N–H and O–H groups in total. The number of hydrogen-bond acceptors (Lipinski definition) is 6. The fourth-order valence-corrected chi connectivity index (χ4v) is 3.83. The molecule has 0 spiro atoms. The highest BCUT2D eigenvalue weighted by molar-refractivity contribution is 7.99. The van der Waals surface area contributed by atoms with Crippen molar-refractivity contribution in [1.29, 1.82) is 0 Å². The summed E-state index contributed by atoms with van der Waals surface area (Å²) in [5.41, 5.74) is 7.40. The van der Waals surface area contributed by atoms with E-state index in [1.54, 1.807) is 30.0 Å². The van der Waals surface area contributed by atoms with E-state index in [-0.39, 0.29) is 12.2 Å². The number of aromatic nitrogens is 1. The molecular weight excluding hydrogens is 388 g/mol. The molecule has 0 aliphatic carbocycles. The molecule has 2 heterocycles. The zero-order chi connectivity index (χ0) is 20.1. The summed E-state index contributed by atoms with van der Waals surface area (Å²) in [6.07, 6.45) is 2.33. The first kappa shape index (κ1) is 19.4. The minimum Gasteiger partial charge on any atom is -0.493 e. The van der Waals surface area contributed by atoms with Crippen molar-refractivity contribution in [3.63, 3.8) is 0 Å². The van der Waals surface area contributed by atoms with Gasteiger partial charge in [-0.25, -0.2) is 15.2 Å². The van der Waals surface area contributed by atoms with E-state index in [4.69, 9.17) is 9.15 Å². The Labute approximate surface area is 173 Å². The summed E-state index contributed by atoms with van der Waals surface area (Å²) >= 11 is 1.68. The average molecular weight is 410 g/mol. The van der Waals surface area contributed by atoms with Crippen LogP contribution < -0.4 is 15.6 Å². The van der Waals surface area contributed by atoms with Crippen molar-refractivity contribution in [2.24, 2.45) is 0 Å². The van der Waals surface area contributed by atoms with Crippen molar-refractivity contribution in [3.05, 3.63) is 66.6 Å². The van der Waals surface area contributed by atoms with Crippen molar-refractivity contribution in [2.45, 2.75) is 17.5 Å². The summed E-state index contributed by atoms with van der Waals surface area (Å²) in [7, 11) is 1.77. The van der Waals surface area contributed by atoms with Gasteiger partial charge in [-0.15, -0.1) is 11.8 Å². The Morgan fingerprint density at radius 2 is 1.97 bits per heavy atom. The summed E-state index contributed by atoms with van der Waals surface area (Å²) in [5.74, 6) is 2.20. The fourth-order valence-electron chi connectivity index (χ4n) is 2.84. The van der Waals surface area contributed by atoms with Gasteiger partial charge < -0.3 is 14.1 Å².